The van der Waals surface area contributed by atoms with Gasteiger partial charge in [-0.15, -0.1) is 0 Å². The molecular weight excluding hydrogens is 210 g/mol. The summed E-state index contributed by atoms with van der Waals surface area (Å²) >= 11 is 0. The Kier molecular flexibility index (Phi) is 2.39. The Hall–Kier alpha value is -1.77. The standard InChI is InChI=1S/C14H17N3/c1-17(9-10-2-3-10)14-6-7-16-13-8-11(15)4-5-12(13)14/h4-8,10H,2-3,9,15H2,1H3. The molecule has 1 heterocycles. The summed E-state index contributed by atoms with van der Waals surface area (Å²) < 4.78 is 0. The first-order valence-corrected chi connectivity index (χ1v) is 6.09. The van der Waals surface area contributed by atoms with Crippen LogP contribution in [0.25, 0.3) is 10.9 Å². The molecule has 1 aliphatic rings. The summed E-state index contributed by atoms with van der Waals surface area (Å²) in [5.41, 5.74) is 8.79. The molecule has 0 bridgehead atoms. The molecule has 1 aromatic heterocycles. The van der Waals surface area contributed by atoms with Crippen LogP contribution in [0.5, 0.6) is 0 Å². The van der Waals surface area contributed by atoms with Crippen molar-refractivity contribution in [3.63, 3.8) is 0 Å². The number of anilines is 2. The highest BCUT2D eigenvalue weighted by Crippen LogP contribution is 2.33. The van der Waals surface area contributed by atoms with Gasteiger partial charge in [-0.05, 0) is 43.0 Å². The van der Waals surface area contributed by atoms with Gasteiger partial charge in [0, 0.05) is 36.6 Å². The molecule has 1 aromatic carbocycles. The summed E-state index contributed by atoms with van der Waals surface area (Å²) in [4.78, 5) is 6.70. The van der Waals surface area contributed by atoms with Gasteiger partial charge in [0.25, 0.3) is 0 Å². The molecule has 2 aromatic rings. The van der Waals surface area contributed by atoms with Gasteiger partial charge in [0.2, 0.25) is 0 Å². The summed E-state index contributed by atoms with van der Waals surface area (Å²) in [6.07, 6.45) is 4.61. The van der Waals surface area contributed by atoms with Crippen molar-refractivity contribution in [2.24, 2.45) is 5.92 Å². The van der Waals surface area contributed by atoms with Crippen LogP contribution in [0, 0.1) is 5.92 Å². The van der Waals surface area contributed by atoms with E-state index in [1.54, 1.807) is 0 Å². The van der Waals surface area contributed by atoms with E-state index in [9.17, 15) is 0 Å². The normalized spacial score (nSPS) is 15.1. The molecule has 2 N–H and O–H groups in total. The number of hydrogen-bond acceptors (Lipinski definition) is 3. The van der Waals surface area contributed by atoms with E-state index in [-0.39, 0.29) is 0 Å². The quantitative estimate of drug-likeness (QED) is 0.820. The van der Waals surface area contributed by atoms with Crippen LogP contribution >= 0.6 is 0 Å². The fraction of sp³-hybridized carbons (Fsp3) is 0.357. The molecule has 0 aliphatic heterocycles. The van der Waals surface area contributed by atoms with Gasteiger partial charge in [-0.1, -0.05) is 0 Å². The van der Waals surface area contributed by atoms with Crippen LogP contribution in [-0.4, -0.2) is 18.6 Å². The molecule has 0 saturated heterocycles. The van der Waals surface area contributed by atoms with E-state index in [0.29, 0.717) is 0 Å². The molecule has 88 valence electrons. The second-order valence-corrected chi connectivity index (χ2v) is 4.93. The maximum atomic E-state index is 5.79. The lowest BCUT2D eigenvalue weighted by Crippen LogP contribution is -2.20. The first kappa shape index (κ1) is 10.4. The predicted octanol–water partition coefficient (Wildman–Crippen LogP) is 2.66. The second-order valence-electron chi connectivity index (χ2n) is 4.93. The summed E-state index contributed by atoms with van der Waals surface area (Å²) in [7, 11) is 2.16. The molecule has 0 spiro atoms. The minimum atomic E-state index is 0.770. The highest BCUT2D eigenvalue weighted by atomic mass is 15.1. The summed E-state index contributed by atoms with van der Waals surface area (Å²) in [6.45, 7) is 1.14. The Morgan fingerprint density at radius 1 is 1.35 bits per heavy atom. The molecule has 1 saturated carbocycles. The van der Waals surface area contributed by atoms with E-state index >= 15 is 0 Å². The smallest absolute Gasteiger partial charge is 0.0743 e. The minimum Gasteiger partial charge on any atom is -0.399 e. The molecular formula is C14H17N3. The highest BCUT2D eigenvalue weighted by molar-refractivity contribution is 5.93. The molecule has 3 heteroatoms. The van der Waals surface area contributed by atoms with Gasteiger partial charge in [0.15, 0.2) is 0 Å². The van der Waals surface area contributed by atoms with Gasteiger partial charge in [-0.2, -0.15) is 0 Å². The Morgan fingerprint density at radius 2 is 2.18 bits per heavy atom. The maximum absolute atomic E-state index is 5.79. The summed E-state index contributed by atoms with van der Waals surface area (Å²) in [6, 6.07) is 8.03. The fourth-order valence-electron chi connectivity index (χ4n) is 2.27. The number of nitrogen functional groups attached to an aromatic ring is 1. The number of rotatable bonds is 3. The lowest BCUT2D eigenvalue weighted by atomic mass is 10.1. The van der Waals surface area contributed by atoms with Crippen molar-refractivity contribution >= 4 is 22.3 Å². The number of fused-ring (bicyclic) bond motifs is 1. The number of aromatic nitrogens is 1. The van der Waals surface area contributed by atoms with E-state index in [4.69, 9.17) is 5.73 Å². The number of pyridine rings is 1. The van der Waals surface area contributed by atoms with E-state index < -0.39 is 0 Å². The summed E-state index contributed by atoms with van der Waals surface area (Å²) in [5.74, 6) is 0.886. The van der Waals surface area contributed by atoms with Crippen LogP contribution in [-0.2, 0) is 0 Å². The average Bonchev–Trinajstić information content (AvgIpc) is 3.11. The van der Waals surface area contributed by atoms with Gasteiger partial charge in [-0.25, -0.2) is 0 Å². The van der Waals surface area contributed by atoms with Crippen molar-refractivity contribution in [2.45, 2.75) is 12.8 Å². The van der Waals surface area contributed by atoms with E-state index in [0.717, 1.165) is 23.7 Å². The zero-order valence-corrected chi connectivity index (χ0v) is 10.1. The molecule has 0 amide bonds. The van der Waals surface area contributed by atoms with Crippen molar-refractivity contribution < 1.29 is 0 Å². The molecule has 0 unspecified atom stereocenters. The molecule has 3 rings (SSSR count). The third kappa shape index (κ3) is 2.05. The lowest BCUT2D eigenvalue weighted by Gasteiger charge is -2.20. The average molecular weight is 227 g/mol. The molecule has 1 fully saturated rings. The predicted molar refractivity (Wildman–Crippen MR) is 72.1 cm³/mol. The van der Waals surface area contributed by atoms with Crippen molar-refractivity contribution in [1.82, 2.24) is 4.98 Å². The summed E-state index contributed by atoms with van der Waals surface area (Å²) in [5, 5.41) is 1.19. The van der Waals surface area contributed by atoms with Gasteiger partial charge >= 0.3 is 0 Å². The largest absolute Gasteiger partial charge is 0.399 e. The lowest BCUT2D eigenvalue weighted by molar-refractivity contribution is 0.789. The van der Waals surface area contributed by atoms with E-state index in [2.05, 4.69) is 29.1 Å². The van der Waals surface area contributed by atoms with Crippen LogP contribution in [0.1, 0.15) is 12.8 Å². The fourth-order valence-corrected chi connectivity index (χ4v) is 2.27. The van der Waals surface area contributed by atoms with Gasteiger partial charge < -0.3 is 10.6 Å². The molecule has 0 radical (unpaired) electrons. The first-order chi connectivity index (χ1) is 8.24. The third-order valence-corrected chi connectivity index (χ3v) is 3.38. The monoisotopic (exact) mass is 227 g/mol. The van der Waals surface area contributed by atoms with Crippen LogP contribution in [0.3, 0.4) is 0 Å². The van der Waals surface area contributed by atoms with Crippen molar-refractivity contribution in [3.05, 3.63) is 30.5 Å². The molecule has 0 atom stereocenters. The van der Waals surface area contributed by atoms with Crippen molar-refractivity contribution in [1.29, 1.82) is 0 Å². The molecule has 17 heavy (non-hydrogen) atoms. The number of hydrogen-bond donors (Lipinski definition) is 1. The third-order valence-electron chi connectivity index (χ3n) is 3.38. The van der Waals surface area contributed by atoms with Gasteiger partial charge in [0.1, 0.15) is 0 Å². The SMILES string of the molecule is CN(CC1CC1)c1ccnc2cc(N)ccc12. The van der Waals surface area contributed by atoms with Crippen LogP contribution < -0.4 is 10.6 Å². The number of nitrogens with zero attached hydrogens (tertiary/aromatic N) is 2. The number of nitrogens with two attached hydrogens (primary N) is 1. The zero-order valence-electron chi connectivity index (χ0n) is 10.1. The molecule has 1 aliphatic carbocycles. The van der Waals surface area contributed by atoms with Gasteiger partial charge in [0.05, 0.1) is 5.52 Å². The highest BCUT2D eigenvalue weighted by Gasteiger charge is 2.23. The Balaban J connectivity index is 2.02. The van der Waals surface area contributed by atoms with Crippen molar-refractivity contribution in [2.75, 3.05) is 24.2 Å². The van der Waals surface area contributed by atoms with Crippen LogP contribution in [0.4, 0.5) is 11.4 Å². The van der Waals surface area contributed by atoms with E-state index in [1.165, 1.54) is 23.9 Å². The molecule has 3 nitrogen and oxygen atoms in total. The van der Waals surface area contributed by atoms with E-state index in [1.807, 2.05) is 18.3 Å². The first-order valence-electron chi connectivity index (χ1n) is 6.09. The van der Waals surface area contributed by atoms with Crippen LogP contribution in [0.15, 0.2) is 30.5 Å². The minimum absolute atomic E-state index is 0.770. The Labute approximate surface area is 101 Å². The zero-order chi connectivity index (χ0) is 11.8. The Morgan fingerprint density at radius 3 is 2.94 bits per heavy atom. The van der Waals surface area contributed by atoms with Crippen LogP contribution in [0.2, 0.25) is 0 Å². The topological polar surface area (TPSA) is 42.2 Å². The Bertz CT molecular complexity index is 546. The second kappa shape index (κ2) is 3.91. The number of benzene rings is 1. The maximum Gasteiger partial charge on any atom is 0.0743 e. The van der Waals surface area contributed by atoms with Gasteiger partial charge in [-0.3, -0.25) is 4.98 Å². The van der Waals surface area contributed by atoms with Crippen molar-refractivity contribution in [3.8, 4) is 0 Å².